The average Bonchev–Trinajstić information content (AvgIpc) is 3.06. The third-order valence-corrected chi connectivity index (χ3v) is 4.32. The highest BCUT2D eigenvalue weighted by molar-refractivity contribution is 5.69. The molecular weight excluding hydrogens is 280 g/mol. The third kappa shape index (κ3) is 5.76. The van der Waals surface area contributed by atoms with Crippen molar-refractivity contribution in [1.29, 1.82) is 0 Å². The highest BCUT2D eigenvalue weighted by Gasteiger charge is 2.31. The van der Waals surface area contributed by atoms with Crippen molar-refractivity contribution in [2.45, 2.75) is 77.0 Å². The van der Waals surface area contributed by atoms with Crippen LogP contribution in [0.4, 0.5) is 4.79 Å². The Labute approximate surface area is 134 Å². The second-order valence-corrected chi connectivity index (χ2v) is 7.45. The fraction of sp³-hybridized carbons (Fsp3) is 0.941. The number of hydrogen-bond donors (Lipinski definition) is 1. The van der Waals surface area contributed by atoms with Crippen molar-refractivity contribution in [1.82, 2.24) is 10.2 Å². The van der Waals surface area contributed by atoms with Crippen LogP contribution in [0.2, 0.25) is 0 Å². The molecule has 0 spiro atoms. The maximum Gasteiger partial charge on any atom is 0.410 e. The van der Waals surface area contributed by atoms with Crippen LogP contribution in [0.3, 0.4) is 0 Å². The van der Waals surface area contributed by atoms with Gasteiger partial charge in [-0.3, -0.25) is 0 Å². The molecule has 5 heteroatoms. The molecule has 0 bridgehead atoms. The molecule has 0 aromatic rings. The number of rotatable bonds is 6. The van der Waals surface area contributed by atoms with Crippen molar-refractivity contribution < 1.29 is 14.3 Å². The summed E-state index contributed by atoms with van der Waals surface area (Å²) in [6.07, 6.45) is 7.46. The summed E-state index contributed by atoms with van der Waals surface area (Å²) < 4.78 is 11.3. The Kier molecular flexibility index (Phi) is 6.50. The van der Waals surface area contributed by atoms with Crippen molar-refractivity contribution >= 4 is 6.09 Å². The first-order valence-electron chi connectivity index (χ1n) is 8.77. The molecule has 0 aromatic carbocycles. The monoisotopic (exact) mass is 312 g/mol. The summed E-state index contributed by atoms with van der Waals surface area (Å²) in [5.74, 6) is 0. The fourth-order valence-electron chi connectivity index (χ4n) is 3.23. The molecule has 22 heavy (non-hydrogen) atoms. The normalized spacial score (nSPS) is 23.2. The maximum absolute atomic E-state index is 12.2. The van der Waals surface area contributed by atoms with E-state index in [4.69, 9.17) is 9.47 Å². The topological polar surface area (TPSA) is 50.8 Å². The first-order chi connectivity index (χ1) is 10.5. The van der Waals surface area contributed by atoms with E-state index >= 15 is 0 Å². The molecule has 1 amide bonds. The Bertz CT molecular complexity index is 348. The molecule has 2 fully saturated rings. The van der Waals surface area contributed by atoms with Gasteiger partial charge in [0.15, 0.2) is 0 Å². The number of likely N-dealkylation sites (tertiary alicyclic amines) is 1. The van der Waals surface area contributed by atoms with Crippen LogP contribution in [-0.4, -0.2) is 55.0 Å². The summed E-state index contributed by atoms with van der Waals surface area (Å²) in [7, 11) is 0. The lowest BCUT2D eigenvalue weighted by molar-refractivity contribution is 0.0222. The van der Waals surface area contributed by atoms with Gasteiger partial charge in [0.1, 0.15) is 5.60 Å². The van der Waals surface area contributed by atoms with Gasteiger partial charge in [0.05, 0.1) is 12.7 Å². The molecular formula is C17H32N2O3. The number of amides is 1. The van der Waals surface area contributed by atoms with E-state index < -0.39 is 5.60 Å². The van der Waals surface area contributed by atoms with E-state index in [1.165, 1.54) is 25.7 Å². The van der Waals surface area contributed by atoms with E-state index in [0.717, 1.165) is 39.1 Å². The zero-order valence-electron chi connectivity index (χ0n) is 14.4. The molecule has 1 aliphatic heterocycles. The summed E-state index contributed by atoms with van der Waals surface area (Å²) in [5.41, 5.74) is -0.424. The van der Waals surface area contributed by atoms with E-state index in [9.17, 15) is 4.79 Å². The molecule has 1 N–H and O–H groups in total. The van der Waals surface area contributed by atoms with Gasteiger partial charge < -0.3 is 19.7 Å². The van der Waals surface area contributed by atoms with E-state index in [1.807, 2.05) is 25.7 Å². The average molecular weight is 312 g/mol. The lowest BCUT2D eigenvalue weighted by Crippen LogP contribution is -2.44. The summed E-state index contributed by atoms with van der Waals surface area (Å²) in [5, 5.41) is 3.42. The van der Waals surface area contributed by atoms with Gasteiger partial charge in [0, 0.05) is 25.7 Å². The SMILES string of the molecule is CC(C)(C)OC(=O)N1CCCC1CNCCOC1CCCC1. The van der Waals surface area contributed by atoms with Crippen LogP contribution in [0.25, 0.3) is 0 Å². The summed E-state index contributed by atoms with van der Waals surface area (Å²) in [4.78, 5) is 14.1. The Balaban J connectivity index is 1.62. The number of carbonyl (C=O) groups is 1. The predicted molar refractivity (Wildman–Crippen MR) is 87.0 cm³/mol. The maximum atomic E-state index is 12.2. The van der Waals surface area contributed by atoms with Gasteiger partial charge in [-0.15, -0.1) is 0 Å². The zero-order chi connectivity index (χ0) is 16.0. The van der Waals surface area contributed by atoms with E-state index in [1.54, 1.807) is 0 Å². The Morgan fingerprint density at radius 2 is 1.91 bits per heavy atom. The predicted octanol–water partition coefficient (Wildman–Crippen LogP) is 2.93. The molecule has 1 saturated carbocycles. The Hall–Kier alpha value is -0.810. The van der Waals surface area contributed by atoms with Crippen LogP contribution in [-0.2, 0) is 9.47 Å². The van der Waals surface area contributed by atoms with Gasteiger partial charge in [-0.05, 0) is 46.5 Å². The quantitative estimate of drug-likeness (QED) is 0.766. The molecule has 2 rings (SSSR count). The zero-order valence-corrected chi connectivity index (χ0v) is 14.4. The number of hydrogen-bond acceptors (Lipinski definition) is 4. The summed E-state index contributed by atoms with van der Waals surface area (Å²) in [6, 6.07) is 0.251. The van der Waals surface area contributed by atoms with Crippen LogP contribution in [0.15, 0.2) is 0 Å². The molecule has 1 atom stereocenters. The Morgan fingerprint density at radius 3 is 2.59 bits per heavy atom. The molecule has 128 valence electrons. The second kappa shape index (κ2) is 8.16. The highest BCUT2D eigenvalue weighted by Crippen LogP contribution is 2.21. The number of nitrogens with one attached hydrogen (secondary N) is 1. The van der Waals surface area contributed by atoms with E-state index in [2.05, 4.69) is 5.32 Å². The van der Waals surface area contributed by atoms with Crippen LogP contribution in [0, 0.1) is 0 Å². The standard InChI is InChI=1S/C17H32N2O3/c1-17(2,3)22-16(20)19-11-6-7-14(19)13-18-10-12-21-15-8-4-5-9-15/h14-15,18H,4-13H2,1-3H3. The van der Waals surface area contributed by atoms with Gasteiger partial charge in [-0.2, -0.15) is 0 Å². The van der Waals surface area contributed by atoms with Crippen LogP contribution in [0.1, 0.15) is 59.3 Å². The van der Waals surface area contributed by atoms with Crippen molar-refractivity contribution in [3.8, 4) is 0 Å². The molecule has 1 heterocycles. The fourth-order valence-corrected chi connectivity index (χ4v) is 3.23. The van der Waals surface area contributed by atoms with Crippen molar-refractivity contribution in [2.24, 2.45) is 0 Å². The lowest BCUT2D eigenvalue weighted by Gasteiger charge is -2.28. The Morgan fingerprint density at radius 1 is 1.18 bits per heavy atom. The van der Waals surface area contributed by atoms with Crippen LogP contribution >= 0.6 is 0 Å². The van der Waals surface area contributed by atoms with Gasteiger partial charge in [-0.25, -0.2) is 4.79 Å². The van der Waals surface area contributed by atoms with Gasteiger partial charge in [0.2, 0.25) is 0 Å². The van der Waals surface area contributed by atoms with Crippen molar-refractivity contribution in [3.63, 3.8) is 0 Å². The van der Waals surface area contributed by atoms with Crippen molar-refractivity contribution in [2.75, 3.05) is 26.2 Å². The van der Waals surface area contributed by atoms with E-state index in [-0.39, 0.29) is 12.1 Å². The van der Waals surface area contributed by atoms with Crippen molar-refractivity contribution in [3.05, 3.63) is 0 Å². The van der Waals surface area contributed by atoms with Crippen LogP contribution in [0.5, 0.6) is 0 Å². The largest absolute Gasteiger partial charge is 0.444 e. The molecule has 1 unspecified atom stereocenters. The number of nitrogens with zero attached hydrogens (tertiary/aromatic N) is 1. The second-order valence-electron chi connectivity index (χ2n) is 7.45. The number of ether oxygens (including phenoxy) is 2. The van der Waals surface area contributed by atoms with Gasteiger partial charge >= 0.3 is 6.09 Å². The number of carbonyl (C=O) groups excluding carboxylic acids is 1. The van der Waals surface area contributed by atoms with Gasteiger partial charge in [0.25, 0.3) is 0 Å². The lowest BCUT2D eigenvalue weighted by atomic mass is 10.2. The van der Waals surface area contributed by atoms with Crippen LogP contribution < -0.4 is 5.32 Å². The molecule has 1 aliphatic carbocycles. The molecule has 1 saturated heterocycles. The summed E-state index contributed by atoms with van der Waals surface area (Å²) in [6.45, 7) is 8.99. The van der Waals surface area contributed by atoms with Gasteiger partial charge in [-0.1, -0.05) is 12.8 Å². The minimum Gasteiger partial charge on any atom is -0.444 e. The minimum atomic E-state index is -0.424. The molecule has 2 aliphatic rings. The molecule has 5 nitrogen and oxygen atoms in total. The first kappa shape index (κ1) is 17.5. The molecule has 0 radical (unpaired) electrons. The minimum absolute atomic E-state index is 0.181. The first-order valence-corrected chi connectivity index (χ1v) is 8.77. The third-order valence-electron chi connectivity index (χ3n) is 4.32. The van der Waals surface area contributed by atoms with E-state index in [0.29, 0.717) is 6.10 Å². The highest BCUT2D eigenvalue weighted by atomic mass is 16.6. The summed E-state index contributed by atoms with van der Waals surface area (Å²) >= 11 is 0. The smallest absolute Gasteiger partial charge is 0.410 e. The molecule has 0 aromatic heterocycles.